The average molecular weight is 281 g/mol. The van der Waals surface area contributed by atoms with Crippen LogP contribution in [0.2, 0.25) is 0 Å². The van der Waals surface area contributed by atoms with Gasteiger partial charge in [-0.05, 0) is 25.5 Å². The van der Waals surface area contributed by atoms with E-state index >= 15 is 0 Å². The van der Waals surface area contributed by atoms with Crippen LogP contribution in [0.5, 0.6) is 0 Å². The van der Waals surface area contributed by atoms with Crippen molar-refractivity contribution in [3.63, 3.8) is 0 Å². The Hall–Kier alpha value is -1.82. The van der Waals surface area contributed by atoms with Gasteiger partial charge in [-0.3, -0.25) is 0 Å². The number of halogens is 3. The van der Waals surface area contributed by atoms with E-state index in [0.29, 0.717) is 11.5 Å². The third-order valence-corrected chi connectivity index (χ3v) is 3.51. The lowest BCUT2D eigenvalue weighted by atomic mass is 10.0. The molecule has 20 heavy (non-hydrogen) atoms. The molecule has 2 aromatic rings. The quantitative estimate of drug-likeness (QED) is 0.884. The molecule has 0 bridgehead atoms. The SMILES string of the molecule is FC(F)(F)c1ccccc1-c1cnc([C@H]2CCCN2)[nH]1. The molecule has 3 rings (SSSR count). The van der Waals surface area contributed by atoms with Gasteiger partial charge in [0.2, 0.25) is 0 Å². The second kappa shape index (κ2) is 4.94. The zero-order chi connectivity index (χ0) is 14.2. The van der Waals surface area contributed by atoms with Crippen LogP contribution in [0.1, 0.15) is 30.3 Å². The summed E-state index contributed by atoms with van der Waals surface area (Å²) in [4.78, 5) is 7.22. The lowest BCUT2D eigenvalue weighted by Crippen LogP contribution is -2.14. The number of imidazole rings is 1. The highest BCUT2D eigenvalue weighted by Gasteiger charge is 2.33. The number of benzene rings is 1. The Kier molecular flexibility index (Phi) is 3.25. The molecular formula is C14H14F3N3. The molecule has 0 amide bonds. The Bertz CT molecular complexity index is 598. The maximum absolute atomic E-state index is 13.0. The molecule has 2 heterocycles. The summed E-state index contributed by atoms with van der Waals surface area (Å²) < 4.78 is 39.0. The second-order valence-corrected chi connectivity index (χ2v) is 4.87. The molecule has 1 aliphatic heterocycles. The Morgan fingerprint density at radius 1 is 1.20 bits per heavy atom. The topological polar surface area (TPSA) is 40.7 Å². The maximum Gasteiger partial charge on any atom is 0.417 e. The van der Waals surface area contributed by atoms with E-state index in [-0.39, 0.29) is 11.6 Å². The van der Waals surface area contributed by atoms with Crippen molar-refractivity contribution in [2.24, 2.45) is 0 Å². The summed E-state index contributed by atoms with van der Waals surface area (Å²) >= 11 is 0. The van der Waals surface area contributed by atoms with Crippen LogP contribution in [-0.2, 0) is 6.18 Å². The molecule has 1 fully saturated rings. The first-order chi connectivity index (χ1) is 9.55. The first-order valence-electron chi connectivity index (χ1n) is 6.50. The van der Waals surface area contributed by atoms with Crippen molar-refractivity contribution in [1.29, 1.82) is 0 Å². The molecule has 0 radical (unpaired) electrons. The molecule has 1 saturated heterocycles. The van der Waals surface area contributed by atoms with Gasteiger partial charge in [-0.1, -0.05) is 18.2 Å². The predicted molar refractivity (Wildman–Crippen MR) is 69.0 cm³/mol. The Balaban J connectivity index is 1.97. The third-order valence-electron chi connectivity index (χ3n) is 3.51. The van der Waals surface area contributed by atoms with Crippen molar-refractivity contribution in [2.45, 2.75) is 25.1 Å². The molecule has 1 atom stereocenters. The van der Waals surface area contributed by atoms with Gasteiger partial charge in [0.15, 0.2) is 0 Å². The first-order valence-corrected chi connectivity index (χ1v) is 6.50. The van der Waals surface area contributed by atoms with Gasteiger partial charge < -0.3 is 10.3 Å². The molecule has 0 unspecified atom stereocenters. The van der Waals surface area contributed by atoms with Crippen LogP contribution in [0.4, 0.5) is 13.2 Å². The van der Waals surface area contributed by atoms with Crippen molar-refractivity contribution < 1.29 is 13.2 Å². The van der Waals surface area contributed by atoms with Crippen LogP contribution in [-0.4, -0.2) is 16.5 Å². The summed E-state index contributed by atoms with van der Waals surface area (Å²) in [5.41, 5.74) is -0.104. The molecular weight excluding hydrogens is 267 g/mol. The van der Waals surface area contributed by atoms with Crippen LogP contribution in [0.15, 0.2) is 30.5 Å². The number of aromatic amines is 1. The van der Waals surface area contributed by atoms with Gasteiger partial charge in [-0.2, -0.15) is 13.2 Å². The van der Waals surface area contributed by atoms with Gasteiger partial charge in [-0.15, -0.1) is 0 Å². The predicted octanol–water partition coefficient (Wildman–Crippen LogP) is 3.52. The monoisotopic (exact) mass is 281 g/mol. The Labute approximate surface area is 114 Å². The lowest BCUT2D eigenvalue weighted by molar-refractivity contribution is -0.137. The number of aromatic nitrogens is 2. The van der Waals surface area contributed by atoms with E-state index < -0.39 is 11.7 Å². The number of nitrogens with one attached hydrogen (secondary N) is 2. The fraction of sp³-hybridized carbons (Fsp3) is 0.357. The lowest BCUT2D eigenvalue weighted by Gasteiger charge is -2.11. The van der Waals surface area contributed by atoms with Gasteiger partial charge in [-0.25, -0.2) is 4.98 Å². The zero-order valence-corrected chi connectivity index (χ0v) is 10.7. The Morgan fingerprint density at radius 2 is 2.00 bits per heavy atom. The molecule has 1 aliphatic rings. The van der Waals surface area contributed by atoms with E-state index in [9.17, 15) is 13.2 Å². The van der Waals surface area contributed by atoms with E-state index in [0.717, 1.165) is 25.5 Å². The minimum absolute atomic E-state index is 0.113. The largest absolute Gasteiger partial charge is 0.417 e. The van der Waals surface area contributed by atoms with E-state index in [1.165, 1.54) is 18.3 Å². The molecule has 2 N–H and O–H groups in total. The van der Waals surface area contributed by atoms with Gasteiger partial charge in [0.25, 0.3) is 0 Å². The van der Waals surface area contributed by atoms with Crippen molar-refractivity contribution in [1.82, 2.24) is 15.3 Å². The number of hydrogen-bond acceptors (Lipinski definition) is 2. The smallest absolute Gasteiger partial charge is 0.341 e. The van der Waals surface area contributed by atoms with Crippen LogP contribution in [0, 0.1) is 0 Å². The van der Waals surface area contributed by atoms with Gasteiger partial charge in [0, 0.05) is 5.56 Å². The van der Waals surface area contributed by atoms with E-state index in [1.807, 2.05) is 0 Å². The summed E-state index contributed by atoms with van der Waals surface area (Å²) in [6, 6.07) is 5.65. The highest BCUT2D eigenvalue weighted by atomic mass is 19.4. The number of H-pyrrole nitrogens is 1. The third kappa shape index (κ3) is 2.43. The van der Waals surface area contributed by atoms with Crippen LogP contribution in [0.3, 0.4) is 0 Å². The van der Waals surface area contributed by atoms with Gasteiger partial charge in [0.1, 0.15) is 5.82 Å². The summed E-state index contributed by atoms with van der Waals surface area (Å²) in [5.74, 6) is 0.703. The average Bonchev–Trinajstić information content (AvgIpc) is 3.09. The minimum Gasteiger partial charge on any atom is -0.341 e. The Morgan fingerprint density at radius 3 is 2.70 bits per heavy atom. The summed E-state index contributed by atoms with van der Waals surface area (Å²) in [5, 5.41) is 3.27. The summed E-state index contributed by atoms with van der Waals surface area (Å²) in [7, 11) is 0. The molecule has 0 saturated carbocycles. The number of rotatable bonds is 2. The summed E-state index contributed by atoms with van der Waals surface area (Å²) in [6.07, 6.45) is -0.888. The zero-order valence-electron chi connectivity index (χ0n) is 10.7. The fourth-order valence-corrected chi connectivity index (χ4v) is 2.53. The fourth-order valence-electron chi connectivity index (χ4n) is 2.53. The van der Waals surface area contributed by atoms with Crippen LogP contribution >= 0.6 is 0 Å². The van der Waals surface area contributed by atoms with E-state index in [1.54, 1.807) is 6.07 Å². The maximum atomic E-state index is 13.0. The van der Waals surface area contributed by atoms with Crippen molar-refractivity contribution in [2.75, 3.05) is 6.54 Å². The van der Waals surface area contributed by atoms with Crippen molar-refractivity contribution >= 4 is 0 Å². The van der Waals surface area contributed by atoms with Crippen molar-refractivity contribution in [3.05, 3.63) is 41.9 Å². The standard InChI is InChI=1S/C14H14F3N3/c15-14(16,17)10-5-2-1-4-9(10)12-8-19-13(20-12)11-6-3-7-18-11/h1-2,4-5,8,11,18H,3,6-7H2,(H,19,20)/t11-/m1/s1. The molecule has 106 valence electrons. The van der Waals surface area contributed by atoms with E-state index in [4.69, 9.17) is 0 Å². The second-order valence-electron chi connectivity index (χ2n) is 4.87. The highest BCUT2D eigenvalue weighted by molar-refractivity contribution is 5.64. The molecule has 1 aromatic heterocycles. The van der Waals surface area contributed by atoms with Crippen LogP contribution < -0.4 is 5.32 Å². The van der Waals surface area contributed by atoms with Crippen molar-refractivity contribution in [3.8, 4) is 11.3 Å². The highest BCUT2D eigenvalue weighted by Crippen LogP contribution is 2.36. The summed E-state index contributed by atoms with van der Waals surface area (Å²) in [6.45, 7) is 0.917. The molecule has 0 spiro atoms. The normalized spacial score (nSPS) is 19.4. The molecule has 0 aliphatic carbocycles. The molecule has 1 aromatic carbocycles. The number of nitrogens with zero attached hydrogens (tertiary/aromatic N) is 1. The molecule has 6 heteroatoms. The number of alkyl halides is 3. The number of hydrogen-bond donors (Lipinski definition) is 2. The minimum atomic E-state index is -4.37. The van der Waals surface area contributed by atoms with Gasteiger partial charge >= 0.3 is 6.18 Å². The van der Waals surface area contributed by atoms with Gasteiger partial charge in [0.05, 0.1) is 23.5 Å². The van der Waals surface area contributed by atoms with Crippen LogP contribution in [0.25, 0.3) is 11.3 Å². The molecule has 3 nitrogen and oxygen atoms in total. The first kappa shape index (κ1) is 13.2. The van der Waals surface area contributed by atoms with E-state index in [2.05, 4.69) is 15.3 Å².